The maximum Gasteiger partial charge on any atom is 0.227 e. The molecule has 3 nitrogen and oxygen atoms in total. The maximum atomic E-state index is 12.8. The lowest BCUT2D eigenvalue weighted by atomic mass is 10.0. The summed E-state index contributed by atoms with van der Waals surface area (Å²) in [7, 11) is 0. The number of nitrogens with zero attached hydrogens (tertiary/aromatic N) is 1. The Hall–Kier alpha value is -1.51. The Balaban J connectivity index is 2.15. The number of para-hydroxylation sites is 1. The molecule has 2 rings (SSSR count). The first kappa shape index (κ1) is 14.9. The van der Waals surface area contributed by atoms with Crippen LogP contribution in [0, 0.1) is 16.7 Å². The molecule has 1 saturated carbocycles. The molecule has 1 aromatic carbocycles. The molecule has 0 saturated heterocycles. The highest BCUT2D eigenvalue weighted by Gasteiger charge is 2.68. The number of nitrogens with two attached hydrogens (primary N) is 1. The summed E-state index contributed by atoms with van der Waals surface area (Å²) in [6.45, 7) is 12.1. The van der Waals surface area contributed by atoms with Crippen LogP contribution < -0.4 is 5.73 Å². The van der Waals surface area contributed by atoms with Crippen molar-refractivity contribution < 1.29 is 4.79 Å². The van der Waals surface area contributed by atoms with Crippen molar-refractivity contribution >= 4 is 11.6 Å². The lowest BCUT2D eigenvalue weighted by Gasteiger charge is -2.23. The van der Waals surface area contributed by atoms with Crippen molar-refractivity contribution in [1.29, 1.82) is 0 Å². The van der Waals surface area contributed by atoms with Gasteiger partial charge in [0.2, 0.25) is 5.91 Å². The Morgan fingerprint density at radius 2 is 1.75 bits per heavy atom. The van der Waals surface area contributed by atoms with Gasteiger partial charge >= 0.3 is 0 Å². The van der Waals surface area contributed by atoms with E-state index in [4.69, 9.17) is 5.73 Å². The van der Waals surface area contributed by atoms with Crippen LogP contribution in [0.2, 0.25) is 0 Å². The Bertz CT molecular complexity index is 505. The van der Waals surface area contributed by atoms with Crippen LogP contribution >= 0.6 is 0 Å². The molecule has 3 heteroatoms. The smallest absolute Gasteiger partial charge is 0.227 e. The molecular weight excluding hydrogens is 248 g/mol. The third-order valence-corrected chi connectivity index (χ3v) is 5.38. The minimum absolute atomic E-state index is 0.0831. The van der Waals surface area contributed by atoms with E-state index in [0.717, 1.165) is 17.8 Å². The average Bonchev–Trinajstić information content (AvgIpc) is 2.78. The van der Waals surface area contributed by atoms with E-state index in [9.17, 15) is 4.79 Å². The van der Waals surface area contributed by atoms with Crippen LogP contribution in [0.25, 0.3) is 0 Å². The third kappa shape index (κ3) is 2.19. The van der Waals surface area contributed by atoms with E-state index in [1.807, 2.05) is 36.1 Å². The summed E-state index contributed by atoms with van der Waals surface area (Å²) in [4.78, 5) is 14.7. The van der Waals surface area contributed by atoms with Gasteiger partial charge in [-0.05, 0) is 29.4 Å². The molecule has 0 aliphatic heterocycles. The first-order valence-electron chi connectivity index (χ1n) is 7.35. The summed E-state index contributed by atoms with van der Waals surface area (Å²) in [5, 5.41) is 0. The van der Waals surface area contributed by atoms with Crippen LogP contribution in [0.1, 0.15) is 40.2 Å². The van der Waals surface area contributed by atoms with Crippen LogP contribution in [0.15, 0.2) is 24.3 Å². The minimum Gasteiger partial charge on any atom is -0.398 e. The first-order valence-corrected chi connectivity index (χ1v) is 7.35. The number of hydrogen-bond donors (Lipinski definition) is 1. The molecule has 0 aromatic heterocycles. The van der Waals surface area contributed by atoms with Crippen LogP contribution in [-0.4, -0.2) is 17.4 Å². The summed E-state index contributed by atoms with van der Waals surface area (Å²) < 4.78 is 0. The summed E-state index contributed by atoms with van der Waals surface area (Å²) in [5.74, 6) is 0.366. The van der Waals surface area contributed by atoms with Gasteiger partial charge in [0.25, 0.3) is 0 Å². The quantitative estimate of drug-likeness (QED) is 0.856. The standard InChI is InChI=1S/C17H26N2O/c1-6-19(11-12-9-7-8-10-13(12)18)15(20)14-16(2,3)17(14,4)5/h7-10,14H,6,11,18H2,1-5H3. The van der Waals surface area contributed by atoms with Crippen molar-refractivity contribution in [3.63, 3.8) is 0 Å². The number of carbonyl (C=O) groups excluding carboxylic acids is 1. The molecule has 20 heavy (non-hydrogen) atoms. The molecule has 1 aliphatic rings. The number of hydrogen-bond acceptors (Lipinski definition) is 2. The highest BCUT2D eigenvalue weighted by atomic mass is 16.2. The highest BCUT2D eigenvalue weighted by molar-refractivity contribution is 5.84. The third-order valence-electron chi connectivity index (χ3n) is 5.38. The fourth-order valence-corrected chi connectivity index (χ4v) is 3.23. The zero-order chi connectivity index (χ0) is 15.1. The number of amides is 1. The summed E-state index contributed by atoms with van der Waals surface area (Å²) in [5.41, 5.74) is 7.93. The highest BCUT2D eigenvalue weighted by Crippen LogP contribution is 2.68. The van der Waals surface area contributed by atoms with Gasteiger partial charge in [-0.25, -0.2) is 0 Å². The Morgan fingerprint density at radius 1 is 1.20 bits per heavy atom. The molecule has 1 aromatic rings. The predicted octanol–water partition coefficient (Wildman–Crippen LogP) is 3.30. The van der Waals surface area contributed by atoms with Crippen LogP contribution in [0.3, 0.4) is 0 Å². The number of nitrogen functional groups attached to an aromatic ring is 1. The van der Waals surface area contributed by atoms with Crippen molar-refractivity contribution in [3.05, 3.63) is 29.8 Å². The largest absolute Gasteiger partial charge is 0.398 e. The van der Waals surface area contributed by atoms with Crippen LogP contribution in [-0.2, 0) is 11.3 Å². The zero-order valence-electron chi connectivity index (χ0n) is 13.2. The van der Waals surface area contributed by atoms with Gasteiger partial charge in [0, 0.05) is 24.7 Å². The molecule has 1 amide bonds. The van der Waals surface area contributed by atoms with Crippen molar-refractivity contribution in [2.24, 2.45) is 16.7 Å². The van der Waals surface area contributed by atoms with Crippen molar-refractivity contribution in [1.82, 2.24) is 4.90 Å². The van der Waals surface area contributed by atoms with Gasteiger partial charge in [0.15, 0.2) is 0 Å². The van der Waals surface area contributed by atoms with Gasteiger partial charge in [-0.15, -0.1) is 0 Å². The SMILES string of the molecule is CCN(Cc1ccccc1N)C(=O)C1C(C)(C)C1(C)C. The van der Waals surface area contributed by atoms with E-state index in [0.29, 0.717) is 6.54 Å². The number of benzene rings is 1. The minimum atomic E-state index is 0.0831. The number of anilines is 1. The van der Waals surface area contributed by atoms with Gasteiger partial charge in [0.05, 0.1) is 0 Å². The van der Waals surface area contributed by atoms with Gasteiger partial charge < -0.3 is 10.6 Å². The molecule has 1 fully saturated rings. The zero-order valence-corrected chi connectivity index (χ0v) is 13.2. The van der Waals surface area contributed by atoms with Gasteiger partial charge in [-0.1, -0.05) is 45.9 Å². The number of carbonyl (C=O) groups is 1. The van der Waals surface area contributed by atoms with Crippen molar-refractivity contribution in [2.75, 3.05) is 12.3 Å². The van der Waals surface area contributed by atoms with Gasteiger partial charge in [-0.3, -0.25) is 4.79 Å². The molecule has 110 valence electrons. The normalized spacial score (nSPS) is 19.6. The molecular formula is C17H26N2O. The first-order chi connectivity index (χ1) is 9.23. The maximum absolute atomic E-state index is 12.8. The van der Waals surface area contributed by atoms with Crippen molar-refractivity contribution in [2.45, 2.75) is 41.2 Å². The van der Waals surface area contributed by atoms with E-state index >= 15 is 0 Å². The molecule has 0 bridgehead atoms. The fourth-order valence-electron chi connectivity index (χ4n) is 3.23. The second-order valence-corrected chi connectivity index (χ2v) is 6.93. The molecule has 0 radical (unpaired) electrons. The topological polar surface area (TPSA) is 46.3 Å². The molecule has 0 atom stereocenters. The number of rotatable bonds is 4. The van der Waals surface area contributed by atoms with E-state index in [1.165, 1.54) is 0 Å². The lowest BCUT2D eigenvalue weighted by molar-refractivity contribution is -0.134. The molecule has 0 heterocycles. The van der Waals surface area contributed by atoms with Crippen LogP contribution in [0.5, 0.6) is 0 Å². The Morgan fingerprint density at radius 3 is 2.20 bits per heavy atom. The van der Waals surface area contributed by atoms with E-state index in [-0.39, 0.29) is 22.7 Å². The monoisotopic (exact) mass is 274 g/mol. The molecule has 0 unspecified atom stereocenters. The van der Waals surface area contributed by atoms with Crippen LogP contribution in [0.4, 0.5) is 5.69 Å². The van der Waals surface area contributed by atoms with Crippen molar-refractivity contribution in [3.8, 4) is 0 Å². The summed E-state index contributed by atoms with van der Waals surface area (Å²) in [6, 6.07) is 7.77. The van der Waals surface area contributed by atoms with E-state index in [2.05, 4.69) is 27.7 Å². The summed E-state index contributed by atoms with van der Waals surface area (Å²) in [6.07, 6.45) is 0. The average molecular weight is 274 g/mol. The van der Waals surface area contributed by atoms with Gasteiger partial charge in [-0.2, -0.15) is 0 Å². The van der Waals surface area contributed by atoms with E-state index in [1.54, 1.807) is 0 Å². The molecule has 2 N–H and O–H groups in total. The predicted molar refractivity (Wildman–Crippen MR) is 83.0 cm³/mol. The van der Waals surface area contributed by atoms with Gasteiger partial charge in [0.1, 0.15) is 0 Å². The second-order valence-electron chi connectivity index (χ2n) is 6.93. The molecule has 0 spiro atoms. The Kier molecular flexibility index (Phi) is 3.57. The fraction of sp³-hybridized carbons (Fsp3) is 0.588. The Labute approximate surface area is 122 Å². The molecule has 1 aliphatic carbocycles. The second kappa shape index (κ2) is 4.80. The van der Waals surface area contributed by atoms with E-state index < -0.39 is 0 Å². The summed E-state index contributed by atoms with van der Waals surface area (Å²) >= 11 is 0. The lowest BCUT2D eigenvalue weighted by Crippen LogP contribution is -2.33.